The predicted octanol–water partition coefficient (Wildman–Crippen LogP) is 6.55. The maximum absolute atomic E-state index is 14.1. The van der Waals surface area contributed by atoms with Crippen LogP contribution in [-0.4, -0.2) is 33.6 Å². The van der Waals surface area contributed by atoms with Gasteiger partial charge in [0.25, 0.3) is 5.91 Å². The molecule has 0 saturated carbocycles. The van der Waals surface area contributed by atoms with Crippen LogP contribution in [0.2, 0.25) is 0 Å². The molecule has 10 heteroatoms. The van der Waals surface area contributed by atoms with E-state index in [9.17, 15) is 19.1 Å². The van der Waals surface area contributed by atoms with Gasteiger partial charge in [-0.25, -0.2) is 4.39 Å². The second-order valence-electron chi connectivity index (χ2n) is 8.68. The van der Waals surface area contributed by atoms with Gasteiger partial charge in [-0.15, -0.1) is 10.2 Å². The molecule has 3 aromatic carbocycles. The largest absolute Gasteiger partial charge is 0.503 e. The van der Waals surface area contributed by atoms with Crippen LogP contribution in [0.3, 0.4) is 0 Å². The van der Waals surface area contributed by atoms with Crippen molar-refractivity contribution >= 4 is 46.0 Å². The highest BCUT2D eigenvalue weighted by atomic mass is 32.2. The molecule has 1 unspecified atom stereocenters. The van der Waals surface area contributed by atoms with Crippen molar-refractivity contribution in [3.05, 3.63) is 119 Å². The molecule has 0 saturated heterocycles. The second-order valence-corrected chi connectivity index (χ2v) is 10.9. The van der Waals surface area contributed by atoms with Crippen molar-refractivity contribution in [3.63, 3.8) is 0 Å². The van der Waals surface area contributed by atoms with Crippen LogP contribution in [0.4, 0.5) is 9.52 Å². The van der Waals surface area contributed by atoms with Crippen molar-refractivity contribution < 1.29 is 23.8 Å². The van der Waals surface area contributed by atoms with E-state index in [4.69, 9.17) is 4.74 Å². The summed E-state index contributed by atoms with van der Waals surface area (Å²) in [6, 6.07) is 21.8. The minimum Gasteiger partial charge on any atom is -0.503 e. The molecule has 4 aromatic rings. The minimum absolute atomic E-state index is 0.0680. The van der Waals surface area contributed by atoms with Gasteiger partial charge in [-0.05, 0) is 47.9 Å². The average Bonchev–Trinajstić information content (AvgIpc) is 3.54. The van der Waals surface area contributed by atoms with Crippen molar-refractivity contribution in [1.29, 1.82) is 0 Å². The molecule has 1 aromatic heterocycles. The molecule has 0 spiro atoms. The molecule has 0 radical (unpaired) electrons. The molecule has 7 nitrogen and oxygen atoms in total. The molecule has 1 aliphatic rings. The summed E-state index contributed by atoms with van der Waals surface area (Å²) in [5.41, 5.74) is 1.81. The Kier molecular flexibility index (Phi) is 8.37. The first-order valence-electron chi connectivity index (χ1n) is 12.4. The maximum Gasteiger partial charge on any atom is 0.296 e. The second kappa shape index (κ2) is 12.3. The summed E-state index contributed by atoms with van der Waals surface area (Å²) >= 11 is 2.40. The number of aliphatic hydroxyl groups excluding tert-OH is 1. The number of carbonyl (C=O) groups excluding carboxylic acids is 2. The third kappa shape index (κ3) is 5.83. The number of ether oxygens (including phenoxy) is 1. The molecule has 202 valence electrons. The quantitative estimate of drug-likeness (QED) is 0.131. The van der Waals surface area contributed by atoms with E-state index < -0.39 is 23.5 Å². The van der Waals surface area contributed by atoms with Crippen molar-refractivity contribution in [2.45, 2.75) is 23.1 Å². The highest BCUT2D eigenvalue weighted by Crippen LogP contribution is 2.44. The highest BCUT2D eigenvalue weighted by molar-refractivity contribution is 8.00. The molecule has 0 aliphatic carbocycles. The summed E-state index contributed by atoms with van der Waals surface area (Å²) in [4.78, 5) is 28.1. The van der Waals surface area contributed by atoms with E-state index in [2.05, 4.69) is 10.2 Å². The highest BCUT2D eigenvalue weighted by Gasteiger charge is 2.45. The van der Waals surface area contributed by atoms with E-state index in [1.807, 2.05) is 37.3 Å². The first-order valence-corrected chi connectivity index (χ1v) is 14.2. The van der Waals surface area contributed by atoms with Crippen LogP contribution in [-0.2, 0) is 15.3 Å². The van der Waals surface area contributed by atoms with Gasteiger partial charge in [-0.2, -0.15) is 0 Å². The molecule has 1 N–H and O–H groups in total. The number of allylic oxidation sites excluding steroid dienone is 1. The molecule has 5 rings (SSSR count). The molecule has 0 bridgehead atoms. The van der Waals surface area contributed by atoms with E-state index in [0.717, 1.165) is 16.9 Å². The number of amides is 1. The average molecular weight is 574 g/mol. The number of hydrogen-bond acceptors (Lipinski definition) is 8. The van der Waals surface area contributed by atoms with Gasteiger partial charge < -0.3 is 9.84 Å². The summed E-state index contributed by atoms with van der Waals surface area (Å²) in [6.45, 7) is 2.29. The number of aromatic nitrogens is 2. The maximum atomic E-state index is 14.1. The van der Waals surface area contributed by atoms with Crippen molar-refractivity contribution in [2.24, 2.45) is 0 Å². The molecule has 40 heavy (non-hydrogen) atoms. The normalized spacial score (nSPS) is 15.3. The molecule has 1 atom stereocenters. The number of ketones is 1. The number of rotatable bonds is 10. The van der Waals surface area contributed by atoms with E-state index in [1.165, 1.54) is 28.8 Å². The fourth-order valence-corrected chi connectivity index (χ4v) is 6.10. The van der Waals surface area contributed by atoms with Crippen LogP contribution in [0.15, 0.2) is 101 Å². The van der Waals surface area contributed by atoms with Gasteiger partial charge in [0.05, 0.1) is 18.2 Å². The smallest absolute Gasteiger partial charge is 0.296 e. The van der Waals surface area contributed by atoms with Gasteiger partial charge in [0, 0.05) is 5.75 Å². The van der Waals surface area contributed by atoms with Gasteiger partial charge in [-0.3, -0.25) is 14.5 Å². The number of anilines is 1. The zero-order chi connectivity index (χ0) is 28.1. The number of benzene rings is 3. The van der Waals surface area contributed by atoms with Crippen LogP contribution in [0.1, 0.15) is 29.7 Å². The Hall–Kier alpha value is -4.28. The summed E-state index contributed by atoms with van der Waals surface area (Å²) in [6.07, 6.45) is 2.97. The van der Waals surface area contributed by atoms with Crippen LogP contribution in [0.5, 0.6) is 5.75 Å². The Labute approximate surface area is 238 Å². The lowest BCUT2D eigenvalue weighted by atomic mass is 9.95. The fourth-order valence-electron chi connectivity index (χ4n) is 4.25. The van der Waals surface area contributed by atoms with Crippen LogP contribution in [0, 0.1) is 5.82 Å². The van der Waals surface area contributed by atoms with Gasteiger partial charge in [0.1, 0.15) is 11.6 Å². The Bertz CT molecular complexity index is 1600. The van der Waals surface area contributed by atoms with Crippen LogP contribution < -0.4 is 9.64 Å². The van der Waals surface area contributed by atoms with Crippen molar-refractivity contribution in [3.8, 4) is 5.75 Å². The van der Waals surface area contributed by atoms with Crippen LogP contribution in [0.25, 0.3) is 6.08 Å². The lowest BCUT2D eigenvalue weighted by Gasteiger charge is -2.24. The topological polar surface area (TPSA) is 92.6 Å². The zero-order valence-electron chi connectivity index (χ0n) is 21.4. The number of halogens is 1. The SMILES string of the molecule is CCOc1cccc(C2C(C(=O)C=Cc3ccccc3)=C(O)C(=O)N2c2nnc(SCc3ccccc3F)s2)c1. The monoisotopic (exact) mass is 573 g/mol. The van der Waals surface area contributed by atoms with E-state index in [-0.39, 0.29) is 16.5 Å². The van der Waals surface area contributed by atoms with E-state index >= 15 is 0 Å². The number of thioether (sulfide) groups is 1. The molecular weight excluding hydrogens is 549 g/mol. The lowest BCUT2D eigenvalue weighted by Crippen LogP contribution is -2.30. The summed E-state index contributed by atoms with van der Waals surface area (Å²) < 4.78 is 20.2. The third-order valence-corrected chi connectivity index (χ3v) is 8.20. The van der Waals surface area contributed by atoms with Gasteiger partial charge in [0.15, 0.2) is 15.9 Å². The molecule has 0 fully saturated rings. The minimum atomic E-state index is -0.960. The van der Waals surface area contributed by atoms with Gasteiger partial charge in [0.2, 0.25) is 5.13 Å². The lowest BCUT2D eigenvalue weighted by molar-refractivity contribution is -0.117. The van der Waals surface area contributed by atoms with E-state index in [1.54, 1.807) is 48.5 Å². The predicted molar refractivity (Wildman–Crippen MR) is 154 cm³/mol. The number of aliphatic hydroxyl groups is 1. The molecule has 1 amide bonds. The molecule has 2 heterocycles. The van der Waals surface area contributed by atoms with Crippen molar-refractivity contribution in [2.75, 3.05) is 11.5 Å². The number of carbonyl (C=O) groups is 2. The summed E-state index contributed by atoms with van der Waals surface area (Å²) in [5, 5.41) is 19.5. The third-order valence-electron chi connectivity index (χ3n) is 6.10. The van der Waals surface area contributed by atoms with Crippen LogP contribution >= 0.6 is 23.1 Å². The zero-order valence-corrected chi connectivity index (χ0v) is 23.0. The number of nitrogens with zero attached hydrogens (tertiary/aromatic N) is 3. The fraction of sp³-hybridized carbons (Fsp3) is 0.133. The summed E-state index contributed by atoms with van der Waals surface area (Å²) in [7, 11) is 0. The van der Waals surface area contributed by atoms with Gasteiger partial charge in [-0.1, -0.05) is 89.8 Å². The molecule has 1 aliphatic heterocycles. The van der Waals surface area contributed by atoms with E-state index in [0.29, 0.717) is 33.6 Å². The molecular formula is C30H24FN3O4S2. The Morgan fingerprint density at radius 3 is 2.65 bits per heavy atom. The first-order chi connectivity index (χ1) is 19.5. The number of hydrogen-bond donors (Lipinski definition) is 1. The first kappa shape index (κ1) is 27.3. The van der Waals surface area contributed by atoms with Gasteiger partial charge >= 0.3 is 0 Å². The standard InChI is InChI=1S/C30H24FN3O4S2/c1-2-38-22-13-8-12-20(17-22)26-25(24(35)16-15-19-9-4-3-5-10-19)27(36)28(37)34(26)29-32-33-30(40-29)39-18-21-11-6-7-14-23(21)31/h3-17,26,36H,2,18H2,1H3. The Balaban J connectivity index is 1.48. The Morgan fingerprint density at radius 1 is 1.10 bits per heavy atom. The summed E-state index contributed by atoms with van der Waals surface area (Å²) in [5.74, 6) is -1.35. The van der Waals surface area contributed by atoms with Crippen molar-refractivity contribution in [1.82, 2.24) is 10.2 Å². The Morgan fingerprint density at radius 2 is 1.88 bits per heavy atom.